The predicted octanol–water partition coefficient (Wildman–Crippen LogP) is 2.58. The lowest BCUT2D eigenvalue weighted by Crippen LogP contribution is -2.42. The minimum absolute atomic E-state index is 0.0995. The summed E-state index contributed by atoms with van der Waals surface area (Å²) in [6.45, 7) is 1.88. The summed E-state index contributed by atoms with van der Waals surface area (Å²) in [5, 5.41) is 2.95. The Balaban J connectivity index is 1.35. The van der Waals surface area contributed by atoms with Crippen LogP contribution in [0.5, 0.6) is 23.0 Å². The molecule has 0 aromatic heterocycles. The maximum Gasteiger partial charge on any atom is 0.243 e. The van der Waals surface area contributed by atoms with Gasteiger partial charge in [-0.3, -0.25) is 4.79 Å². The number of hydrogen-bond donors (Lipinski definition) is 1. The van der Waals surface area contributed by atoms with E-state index in [1.54, 1.807) is 38.5 Å². The van der Waals surface area contributed by atoms with Crippen molar-refractivity contribution in [3.63, 3.8) is 0 Å². The molecule has 0 bridgehead atoms. The number of nitrogens with one attached hydrogen (secondary N) is 1. The van der Waals surface area contributed by atoms with Gasteiger partial charge in [-0.1, -0.05) is 0 Å². The zero-order valence-electron chi connectivity index (χ0n) is 19.4. The van der Waals surface area contributed by atoms with Crippen molar-refractivity contribution < 1.29 is 32.2 Å². The molecule has 184 valence electrons. The molecule has 2 aromatic rings. The van der Waals surface area contributed by atoms with Gasteiger partial charge >= 0.3 is 0 Å². The van der Waals surface area contributed by atoms with Gasteiger partial charge in [0.2, 0.25) is 15.9 Å². The molecule has 0 atom stereocenters. The van der Waals surface area contributed by atoms with E-state index >= 15 is 0 Å². The van der Waals surface area contributed by atoms with Crippen LogP contribution in [0.1, 0.15) is 24.8 Å². The SMILES string of the molecule is COc1ccc(OC)c(CNC(=O)C2CCN(S(=O)(=O)c3ccc4c(c3)OCCCO4)CC2)c1. The van der Waals surface area contributed by atoms with Gasteiger partial charge in [0.15, 0.2) is 11.5 Å². The molecular weight excluding hydrogens is 460 g/mol. The summed E-state index contributed by atoms with van der Waals surface area (Å²) < 4.78 is 49.6. The minimum Gasteiger partial charge on any atom is -0.497 e. The van der Waals surface area contributed by atoms with Crippen LogP contribution in [0.4, 0.5) is 0 Å². The zero-order valence-corrected chi connectivity index (χ0v) is 20.2. The van der Waals surface area contributed by atoms with Crippen LogP contribution in [0.25, 0.3) is 0 Å². The van der Waals surface area contributed by atoms with Crippen LogP contribution in [-0.2, 0) is 21.4 Å². The molecule has 0 aliphatic carbocycles. The Morgan fingerprint density at radius 2 is 1.76 bits per heavy atom. The van der Waals surface area contributed by atoms with E-state index < -0.39 is 10.0 Å². The fourth-order valence-electron chi connectivity index (χ4n) is 4.16. The van der Waals surface area contributed by atoms with E-state index in [0.29, 0.717) is 55.6 Å². The highest BCUT2D eigenvalue weighted by Gasteiger charge is 2.32. The number of carbonyl (C=O) groups is 1. The summed E-state index contributed by atoms with van der Waals surface area (Å²) in [5.41, 5.74) is 0.810. The highest BCUT2D eigenvalue weighted by atomic mass is 32.2. The Hall–Kier alpha value is -2.98. The first-order valence-electron chi connectivity index (χ1n) is 11.3. The third-order valence-corrected chi connectivity index (χ3v) is 8.02. The van der Waals surface area contributed by atoms with Crippen molar-refractivity contribution in [2.45, 2.75) is 30.7 Å². The lowest BCUT2D eigenvalue weighted by atomic mass is 9.97. The molecule has 0 radical (unpaired) electrons. The molecule has 2 aliphatic rings. The van der Waals surface area contributed by atoms with Gasteiger partial charge in [0.1, 0.15) is 11.5 Å². The molecule has 0 saturated carbocycles. The second-order valence-corrected chi connectivity index (χ2v) is 10.2. The first kappa shape index (κ1) is 24.2. The lowest BCUT2D eigenvalue weighted by Gasteiger charge is -2.30. The number of hydrogen-bond acceptors (Lipinski definition) is 7. The zero-order chi connectivity index (χ0) is 24.1. The van der Waals surface area contributed by atoms with E-state index in [-0.39, 0.29) is 29.8 Å². The number of fused-ring (bicyclic) bond motifs is 1. The van der Waals surface area contributed by atoms with Crippen LogP contribution < -0.4 is 24.3 Å². The first-order valence-corrected chi connectivity index (χ1v) is 12.7. The van der Waals surface area contributed by atoms with Gasteiger partial charge in [-0.15, -0.1) is 0 Å². The van der Waals surface area contributed by atoms with Crippen molar-refractivity contribution in [2.24, 2.45) is 5.92 Å². The quantitative estimate of drug-likeness (QED) is 0.636. The van der Waals surface area contributed by atoms with Crippen LogP contribution in [-0.4, -0.2) is 59.2 Å². The van der Waals surface area contributed by atoms with Crippen LogP contribution in [0.2, 0.25) is 0 Å². The smallest absolute Gasteiger partial charge is 0.243 e. The average molecular weight is 491 g/mol. The Labute approximate surface area is 200 Å². The Kier molecular flexibility index (Phi) is 7.47. The molecular formula is C24H30N2O7S. The molecule has 0 spiro atoms. The Bertz CT molecular complexity index is 1130. The number of amides is 1. The molecule has 10 heteroatoms. The van der Waals surface area contributed by atoms with Crippen molar-refractivity contribution in [1.29, 1.82) is 0 Å². The molecule has 2 aliphatic heterocycles. The summed E-state index contributed by atoms with van der Waals surface area (Å²) >= 11 is 0. The Morgan fingerprint density at radius 3 is 2.47 bits per heavy atom. The fourth-order valence-corrected chi connectivity index (χ4v) is 5.64. The van der Waals surface area contributed by atoms with E-state index in [4.69, 9.17) is 18.9 Å². The van der Waals surface area contributed by atoms with Crippen LogP contribution in [0.15, 0.2) is 41.3 Å². The molecule has 1 amide bonds. The average Bonchev–Trinajstić information content (AvgIpc) is 3.12. The molecule has 1 saturated heterocycles. The second-order valence-electron chi connectivity index (χ2n) is 8.23. The molecule has 9 nitrogen and oxygen atoms in total. The largest absolute Gasteiger partial charge is 0.497 e. The number of rotatable bonds is 7. The monoisotopic (exact) mass is 490 g/mol. The van der Waals surface area contributed by atoms with Crippen molar-refractivity contribution in [1.82, 2.24) is 9.62 Å². The second kappa shape index (κ2) is 10.5. The number of benzene rings is 2. The number of sulfonamides is 1. The van der Waals surface area contributed by atoms with Gasteiger partial charge in [0.05, 0.1) is 32.3 Å². The van der Waals surface area contributed by atoms with Crippen LogP contribution in [0, 0.1) is 5.92 Å². The topological polar surface area (TPSA) is 103 Å². The number of nitrogens with zero attached hydrogens (tertiary/aromatic N) is 1. The molecule has 1 N–H and O–H groups in total. The highest BCUT2D eigenvalue weighted by molar-refractivity contribution is 7.89. The van der Waals surface area contributed by atoms with Crippen LogP contribution in [0.3, 0.4) is 0 Å². The lowest BCUT2D eigenvalue weighted by molar-refractivity contribution is -0.126. The van der Waals surface area contributed by atoms with Crippen molar-refractivity contribution in [3.8, 4) is 23.0 Å². The van der Waals surface area contributed by atoms with Gasteiger partial charge in [-0.05, 0) is 43.2 Å². The van der Waals surface area contributed by atoms with Gasteiger partial charge in [0.25, 0.3) is 0 Å². The maximum absolute atomic E-state index is 13.2. The summed E-state index contributed by atoms with van der Waals surface area (Å²) in [6.07, 6.45) is 1.65. The maximum atomic E-state index is 13.2. The van der Waals surface area contributed by atoms with E-state index in [0.717, 1.165) is 12.0 Å². The van der Waals surface area contributed by atoms with E-state index in [2.05, 4.69) is 5.32 Å². The predicted molar refractivity (Wildman–Crippen MR) is 125 cm³/mol. The summed E-state index contributed by atoms with van der Waals surface area (Å²) in [7, 11) is -0.535. The highest BCUT2D eigenvalue weighted by Crippen LogP contribution is 2.34. The normalized spacial score (nSPS) is 17.0. The third kappa shape index (κ3) is 5.23. The molecule has 0 unspecified atom stereocenters. The first-order chi connectivity index (χ1) is 16.4. The molecule has 4 rings (SSSR count). The van der Waals surface area contributed by atoms with E-state index in [9.17, 15) is 13.2 Å². The van der Waals surface area contributed by atoms with Crippen molar-refractivity contribution in [3.05, 3.63) is 42.0 Å². The molecule has 34 heavy (non-hydrogen) atoms. The number of piperidine rings is 1. The third-order valence-electron chi connectivity index (χ3n) is 6.12. The van der Waals surface area contributed by atoms with Crippen LogP contribution >= 0.6 is 0 Å². The summed E-state index contributed by atoms with van der Waals surface area (Å²) in [4.78, 5) is 12.9. The number of methoxy groups -OCH3 is 2. The molecule has 2 heterocycles. The summed E-state index contributed by atoms with van der Waals surface area (Å²) in [5.74, 6) is 1.99. The van der Waals surface area contributed by atoms with Crippen molar-refractivity contribution >= 4 is 15.9 Å². The van der Waals surface area contributed by atoms with Gasteiger partial charge in [0, 0.05) is 43.6 Å². The molecule has 2 aromatic carbocycles. The van der Waals surface area contributed by atoms with Gasteiger partial charge < -0.3 is 24.3 Å². The van der Waals surface area contributed by atoms with Crippen molar-refractivity contribution in [2.75, 3.05) is 40.5 Å². The fraction of sp³-hybridized carbons (Fsp3) is 0.458. The van der Waals surface area contributed by atoms with Gasteiger partial charge in [-0.25, -0.2) is 8.42 Å². The minimum atomic E-state index is -3.69. The van der Waals surface area contributed by atoms with E-state index in [1.165, 1.54) is 10.4 Å². The number of carbonyl (C=O) groups excluding carboxylic acids is 1. The molecule has 1 fully saturated rings. The Morgan fingerprint density at radius 1 is 1.03 bits per heavy atom. The van der Waals surface area contributed by atoms with Gasteiger partial charge in [-0.2, -0.15) is 4.31 Å². The van der Waals surface area contributed by atoms with E-state index in [1.807, 2.05) is 6.07 Å². The standard InChI is InChI=1S/C24H30N2O7S/c1-30-19-4-6-21(31-2)18(14-19)16-25-24(27)17-8-10-26(11-9-17)34(28,29)20-5-7-22-23(15-20)33-13-3-12-32-22/h4-7,14-15,17H,3,8-13,16H2,1-2H3,(H,25,27). The summed E-state index contributed by atoms with van der Waals surface area (Å²) in [6, 6.07) is 10.1. The number of ether oxygens (including phenoxy) is 4.